The Balaban J connectivity index is 2.07. The third-order valence-corrected chi connectivity index (χ3v) is 4.15. The van der Waals surface area contributed by atoms with Gasteiger partial charge in [-0.3, -0.25) is 0 Å². The molecule has 23 heavy (non-hydrogen) atoms. The third kappa shape index (κ3) is 4.57. The SMILES string of the molecule is COCC(O)COc1ccc(C(C)(C)c2ccc(C)cc2)cc1. The molecule has 0 aliphatic carbocycles. The molecule has 0 saturated heterocycles. The van der Waals surface area contributed by atoms with E-state index in [1.54, 1.807) is 7.11 Å². The second-order valence-electron chi connectivity index (χ2n) is 6.44. The van der Waals surface area contributed by atoms with E-state index in [9.17, 15) is 5.11 Å². The fourth-order valence-electron chi connectivity index (χ4n) is 2.54. The third-order valence-electron chi connectivity index (χ3n) is 4.15. The number of benzene rings is 2. The number of aliphatic hydroxyl groups excluding tert-OH is 1. The van der Waals surface area contributed by atoms with Crippen LogP contribution in [-0.2, 0) is 10.2 Å². The van der Waals surface area contributed by atoms with Crippen LogP contribution < -0.4 is 4.74 Å². The molecule has 124 valence electrons. The molecule has 1 unspecified atom stereocenters. The summed E-state index contributed by atoms with van der Waals surface area (Å²) < 4.78 is 10.5. The van der Waals surface area contributed by atoms with Gasteiger partial charge in [-0.25, -0.2) is 0 Å². The van der Waals surface area contributed by atoms with Gasteiger partial charge in [0, 0.05) is 12.5 Å². The Kier molecular flexibility index (Phi) is 5.80. The molecule has 0 aliphatic heterocycles. The number of ether oxygens (including phenoxy) is 2. The first-order chi connectivity index (χ1) is 10.9. The normalized spacial score (nSPS) is 12.9. The lowest BCUT2D eigenvalue weighted by Gasteiger charge is -2.26. The lowest BCUT2D eigenvalue weighted by atomic mass is 9.78. The molecule has 0 amide bonds. The van der Waals surface area contributed by atoms with Crippen LogP contribution in [-0.4, -0.2) is 31.5 Å². The van der Waals surface area contributed by atoms with E-state index >= 15 is 0 Å². The average Bonchev–Trinajstić information content (AvgIpc) is 2.54. The minimum atomic E-state index is -0.608. The van der Waals surface area contributed by atoms with Gasteiger partial charge in [0.05, 0.1) is 6.61 Å². The van der Waals surface area contributed by atoms with Crippen LogP contribution in [0.2, 0.25) is 0 Å². The van der Waals surface area contributed by atoms with Gasteiger partial charge in [0.25, 0.3) is 0 Å². The van der Waals surface area contributed by atoms with Crippen molar-refractivity contribution in [1.29, 1.82) is 0 Å². The summed E-state index contributed by atoms with van der Waals surface area (Å²) in [6.07, 6.45) is -0.608. The summed E-state index contributed by atoms with van der Waals surface area (Å²) in [4.78, 5) is 0. The fourth-order valence-corrected chi connectivity index (χ4v) is 2.54. The lowest BCUT2D eigenvalue weighted by molar-refractivity contribution is 0.0325. The molecule has 0 spiro atoms. The molecule has 1 atom stereocenters. The van der Waals surface area contributed by atoms with Crippen LogP contribution in [0.25, 0.3) is 0 Å². The average molecular weight is 314 g/mol. The summed E-state index contributed by atoms with van der Waals surface area (Å²) in [5, 5.41) is 9.62. The maximum Gasteiger partial charge on any atom is 0.119 e. The smallest absolute Gasteiger partial charge is 0.119 e. The summed E-state index contributed by atoms with van der Waals surface area (Å²) >= 11 is 0. The van der Waals surface area contributed by atoms with E-state index in [4.69, 9.17) is 9.47 Å². The molecule has 0 fully saturated rings. The predicted octanol–water partition coefficient (Wildman–Crippen LogP) is 3.71. The summed E-state index contributed by atoms with van der Waals surface area (Å²) in [7, 11) is 1.56. The van der Waals surface area contributed by atoms with E-state index in [2.05, 4.69) is 57.2 Å². The van der Waals surface area contributed by atoms with Gasteiger partial charge in [-0.15, -0.1) is 0 Å². The molecule has 0 aromatic heterocycles. The highest BCUT2D eigenvalue weighted by Crippen LogP contribution is 2.32. The number of hydrogen-bond donors (Lipinski definition) is 1. The highest BCUT2D eigenvalue weighted by atomic mass is 16.5. The van der Waals surface area contributed by atoms with Crippen LogP contribution in [0.15, 0.2) is 48.5 Å². The van der Waals surface area contributed by atoms with Crippen molar-refractivity contribution in [3.8, 4) is 5.75 Å². The zero-order chi connectivity index (χ0) is 16.9. The second-order valence-corrected chi connectivity index (χ2v) is 6.44. The zero-order valence-electron chi connectivity index (χ0n) is 14.4. The maximum atomic E-state index is 9.62. The van der Waals surface area contributed by atoms with E-state index in [1.165, 1.54) is 16.7 Å². The summed E-state index contributed by atoms with van der Waals surface area (Å²) in [5.74, 6) is 0.753. The van der Waals surface area contributed by atoms with Crippen molar-refractivity contribution in [1.82, 2.24) is 0 Å². The van der Waals surface area contributed by atoms with Crippen LogP contribution in [0.3, 0.4) is 0 Å². The van der Waals surface area contributed by atoms with Crippen molar-refractivity contribution in [2.75, 3.05) is 20.3 Å². The Hall–Kier alpha value is -1.84. The van der Waals surface area contributed by atoms with Crippen molar-refractivity contribution in [3.05, 3.63) is 65.2 Å². The first-order valence-corrected chi connectivity index (χ1v) is 7.91. The Morgan fingerprint density at radius 1 is 0.913 bits per heavy atom. The number of aliphatic hydroxyl groups is 1. The number of methoxy groups -OCH3 is 1. The number of aryl methyl sites for hydroxylation is 1. The van der Waals surface area contributed by atoms with E-state index in [-0.39, 0.29) is 18.6 Å². The molecular weight excluding hydrogens is 288 g/mol. The summed E-state index contributed by atoms with van der Waals surface area (Å²) in [6, 6.07) is 16.7. The van der Waals surface area contributed by atoms with Crippen LogP contribution in [0.1, 0.15) is 30.5 Å². The van der Waals surface area contributed by atoms with E-state index in [0.717, 1.165) is 5.75 Å². The Bertz CT molecular complexity index is 600. The Morgan fingerprint density at radius 2 is 1.43 bits per heavy atom. The van der Waals surface area contributed by atoms with Crippen molar-refractivity contribution in [2.24, 2.45) is 0 Å². The van der Waals surface area contributed by atoms with Crippen LogP contribution in [0.5, 0.6) is 5.75 Å². The second kappa shape index (κ2) is 7.62. The van der Waals surface area contributed by atoms with Crippen LogP contribution in [0, 0.1) is 6.92 Å². The molecule has 2 aromatic rings. The molecular formula is C20H26O3. The van der Waals surface area contributed by atoms with Gasteiger partial charge in [0.2, 0.25) is 0 Å². The molecule has 0 heterocycles. The van der Waals surface area contributed by atoms with Gasteiger partial charge in [-0.05, 0) is 30.2 Å². The van der Waals surface area contributed by atoms with Crippen LogP contribution >= 0.6 is 0 Å². The van der Waals surface area contributed by atoms with E-state index < -0.39 is 6.10 Å². The van der Waals surface area contributed by atoms with Gasteiger partial charge < -0.3 is 14.6 Å². The quantitative estimate of drug-likeness (QED) is 0.847. The first kappa shape index (κ1) is 17.5. The highest BCUT2D eigenvalue weighted by Gasteiger charge is 2.22. The molecule has 0 radical (unpaired) electrons. The lowest BCUT2D eigenvalue weighted by Crippen LogP contribution is -2.22. The summed E-state index contributed by atoms with van der Waals surface area (Å²) in [5.41, 5.74) is 3.71. The van der Waals surface area contributed by atoms with Gasteiger partial charge in [-0.1, -0.05) is 55.8 Å². The fraction of sp³-hybridized carbons (Fsp3) is 0.400. The molecule has 0 aliphatic rings. The Morgan fingerprint density at radius 3 is 1.96 bits per heavy atom. The zero-order valence-corrected chi connectivity index (χ0v) is 14.4. The van der Waals surface area contributed by atoms with Crippen LogP contribution in [0.4, 0.5) is 0 Å². The molecule has 0 saturated carbocycles. The van der Waals surface area contributed by atoms with Gasteiger partial charge in [0.1, 0.15) is 18.5 Å². The van der Waals surface area contributed by atoms with Crippen molar-refractivity contribution >= 4 is 0 Å². The van der Waals surface area contributed by atoms with Gasteiger partial charge >= 0.3 is 0 Å². The largest absolute Gasteiger partial charge is 0.491 e. The van der Waals surface area contributed by atoms with Crippen molar-refractivity contribution < 1.29 is 14.6 Å². The standard InChI is InChI=1S/C20H26O3/c1-15-5-7-16(8-6-15)20(2,3)17-9-11-19(12-10-17)23-14-18(21)13-22-4/h5-12,18,21H,13-14H2,1-4H3. The van der Waals surface area contributed by atoms with E-state index in [0.29, 0.717) is 0 Å². The molecule has 0 bridgehead atoms. The highest BCUT2D eigenvalue weighted by molar-refractivity contribution is 5.40. The van der Waals surface area contributed by atoms with Crippen molar-refractivity contribution in [2.45, 2.75) is 32.3 Å². The van der Waals surface area contributed by atoms with Gasteiger partial charge in [-0.2, -0.15) is 0 Å². The molecule has 2 rings (SSSR count). The van der Waals surface area contributed by atoms with E-state index in [1.807, 2.05) is 12.1 Å². The molecule has 2 aromatic carbocycles. The number of rotatable bonds is 7. The molecule has 3 nitrogen and oxygen atoms in total. The van der Waals surface area contributed by atoms with Crippen molar-refractivity contribution in [3.63, 3.8) is 0 Å². The maximum absolute atomic E-state index is 9.62. The first-order valence-electron chi connectivity index (χ1n) is 7.91. The monoisotopic (exact) mass is 314 g/mol. The minimum Gasteiger partial charge on any atom is -0.491 e. The minimum absolute atomic E-state index is 0.0677. The predicted molar refractivity (Wildman–Crippen MR) is 93.1 cm³/mol. The number of hydrogen-bond acceptors (Lipinski definition) is 3. The Labute approximate surface area is 138 Å². The summed E-state index contributed by atoms with van der Waals surface area (Å²) in [6.45, 7) is 7.04. The molecule has 1 N–H and O–H groups in total. The van der Waals surface area contributed by atoms with Gasteiger partial charge in [0.15, 0.2) is 0 Å². The molecule has 3 heteroatoms. The topological polar surface area (TPSA) is 38.7 Å².